The van der Waals surface area contributed by atoms with Crippen molar-refractivity contribution in [3.8, 4) is 11.5 Å². The minimum Gasteiger partial charge on any atom is -0.485 e. The Balaban J connectivity index is 1.19. The molecule has 3 saturated heterocycles. The fraction of sp³-hybridized carbons (Fsp3) is 0.478. The highest BCUT2D eigenvalue weighted by Gasteiger charge is 2.50. The van der Waals surface area contributed by atoms with Crippen LogP contribution in [0.5, 0.6) is 11.5 Å². The molecule has 30 heavy (non-hydrogen) atoms. The van der Waals surface area contributed by atoms with E-state index in [1.165, 1.54) is 5.69 Å². The second kappa shape index (κ2) is 8.81. The van der Waals surface area contributed by atoms with Gasteiger partial charge in [-0.15, -0.1) is 0 Å². The van der Waals surface area contributed by atoms with Crippen molar-refractivity contribution in [1.82, 2.24) is 0 Å². The van der Waals surface area contributed by atoms with Crippen LogP contribution in [-0.2, 0) is 20.8 Å². The van der Waals surface area contributed by atoms with Crippen LogP contribution in [0.15, 0.2) is 48.5 Å². The van der Waals surface area contributed by atoms with E-state index in [1.54, 1.807) is 0 Å². The topological polar surface area (TPSA) is 75.4 Å². The number of rotatable bonds is 6. The second-order valence-electron chi connectivity index (χ2n) is 7.85. The molecular formula is C23H28N2O5. The van der Waals surface area contributed by atoms with Gasteiger partial charge in [-0.25, -0.2) is 0 Å². The number of fused-ring (bicyclic) bond motifs is 1. The molecule has 3 fully saturated rings. The van der Waals surface area contributed by atoms with Crippen molar-refractivity contribution in [2.24, 2.45) is 5.73 Å². The van der Waals surface area contributed by atoms with Crippen molar-refractivity contribution < 1.29 is 23.7 Å². The van der Waals surface area contributed by atoms with Gasteiger partial charge in [-0.05, 0) is 42.0 Å². The Hall–Kier alpha value is -2.32. The fourth-order valence-corrected chi connectivity index (χ4v) is 4.28. The number of nitrogens with zero attached hydrogens (tertiary/aromatic N) is 1. The lowest BCUT2D eigenvalue weighted by Crippen LogP contribution is -2.36. The SMILES string of the molecule is NCc1cccc(O[C@H]2CO[C@H]3[C@@H]2OC[C@H]3Oc2ccc(N3CCOCC3)cc2)c1. The predicted molar refractivity (Wildman–Crippen MR) is 112 cm³/mol. The maximum atomic E-state index is 6.20. The lowest BCUT2D eigenvalue weighted by molar-refractivity contribution is 0.0181. The zero-order chi connectivity index (χ0) is 20.3. The fourth-order valence-electron chi connectivity index (χ4n) is 4.28. The van der Waals surface area contributed by atoms with Crippen molar-refractivity contribution in [1.29, 1.82) is 0 Å². The van der Waals surface area contributed by atoms with Gasteiger partial charge in [0.2, 0.25) is 0 Å². The smallest absolute Gasteiger partial charge is 0.151 e. The minimum absolute atomic E-state index is 0.133. The molecule has 0 aliphatic carbocycles. The summed E-state index contributed by atoms with van der Waals surface area (Å²) in [5.74, 6) is 1.61. The molecule has 3 aliphatic rings. The monoisotopic (exact) mass is 412 g/mol. The first kappa shape index (κ1) is 19.6. The largest absolute Gasteiger partial charge is 0.485 e. The van der Waals surface area contributed by atoms with Gasteiger partial charge in [0, 0.05) is 25.3 Å². The average molecular weight is 412 g/mol. The molecule has 0 bridgehead atoms. The van der Waals surface area contributed by atoms with Crippen LogP contribution >= 0.6 is 0 Å². The van der Waals surface area contributed by atoms with Gasteiger partial charge in [-0.2, -0.15) is 0 Å². The average Bonchev–Trinajstić information content (AvgIpc) is 3.38. The first-order valence-electron chi connectivity index (χ1n) is 10.6. The Kier molecular flexibility index (Phi) is 5.77. The summed E-state index contributed by atoms with van der Waals surface area (Å²) in [4.78, 5) is 2.32. The molecule has 0 radical (unpaired) electrons. The second-order valence-corrected chi connectivity index (χ2v) is 7.85. The molecule has 3 aliphatic heterocycles. The van der Waals surface area contributed by atoms with Gasteiger partial charge < -0.3 is 34.3 Å². The molecule has 2 aromatic rings. The molecule has 2 N–H and O–H groups in total. The molecule has 7 nitrogen and oxygen atoms in total. The Morgan fingerprint density at radius 1 is 0.867 bits per heavy atom. The third-order valence-corrected chi connectivity index (χ3v) is 5.88. The van der Waals surface area contributed by atoms with Crippen LogP contribution in [0.2, 0.25) is 0 Å². The summed E-state index contributed by atoms with van der Waals surface area (Å²) in [7, 11) is 0. The number of benzene rings is 2. The summed E-state index contributed by atoms with van der Waals surface area (Å²) in [6, 6.07) is 16.1. The Morgan fingerprint density at radius 3 is 2.20 bits per heavy atom. The number of morpholine rings is 1. The van der Waals surface area contributed by atoms with Crippen molar-refractivity contribution in [2.75, 3.05) is 44.4 Å². The Morgan fingerprint density at radius 2 is 1.53 bits per heavy atom. The number of hydrogen-bond donors (Lipinski definition) is 1. The summed E-state index contributed by atoms with van der Waals surface area (Å²) in [5.41, 5.74) is 7.96. The van der Waals surface area contributed by atoms with Crippen molar-refractivity contribution in [2.45, 2.75) is 31.0 Å². The van der Waals surface area contributed by atoms with Crippen LogP contribution in [0.4, 0.5) is 5.69 Å². The third-order valence-electron chi connectivity index (χ3n) is 5.88. The van der Waals surface area contributed by atoms with Gasteiger partial charge in [-0.1, -0.05) is 12.1 Å². The third kappa shape index (κ3) is 4.11. The normalized spacial score (nSPS) is 28.4. The predicted octanol–water partition coefficient (Wildman–Crippen LogP) is 1.97. The van der Waals surface area contributed by atoms with Crippen molar-refractivity contribution >= 4 is 5.69 Å². The first-order chi connectivity index (χ1) is 14.8. The minimum atomic E-state index is -0.152. The number of anilines is 1. The lowest BCUT2D eigenvalue weighted by atomic mass is 10.1. The maximum absolute atomic E-state index is 6.20. The standard InChI is InChI=1S/C23H28N2O5/c24-13-16-2-1-3-19(12-16)30-21-15-28-22-20(14-27-23(21)22)29-18-6-4-17(5-7-18)25-8-10-26-11-9-25/h1-7,12,20-23H,8-11,13-15,24H2/t20-,21+,22-,23-/m1/s1. The van der Waals surface area contributed by atoms with E-state index in [1.807, 2.05) is 36.4 Å². The van der Waals surface area contributed by atoms with Gasteiger partial charge in [-0.3, -0.25) is 0 Å². The quantitative estimate of drug-likeness (QED) is 0.778. The molecule has 0 saturated carbocycles. The molecule has 5 rings (SSSR count). The summed E-state index contributed by atoms with van der Waals surface area (Å²) in [6.07, 6.45) is -0.565. The van der Waals surface area contributed by atoms with E-state index in [-0.39, 0.29) is 24.4 Å². The van der Waals surface area contributed by atoms with Gasteiger partial charge in [0.1, 0.15) is 23.7 Å². The Bertz CT molecular complexity index is 840. The molecule has 0 amide bonds. The maximum Gasteiger partial charge on any atom is 0.151 e. The van der Waals surface area contributed by atoms with E-state index in [0.717, 1.165) is 43.4 Å². The highest BCUT2D eigenvalue weighted by atomic mass is 16.6. The van der Waals surface area contributed by atoms with E-state index < -0.39 is 0 Å². The Labute approximate surface area is 176 Å². The molecule has 7 heteroatoms. The summed E-state index contributed by atoms with van der Waals surface area (Å²) in [5, 5.41) is 0. The molecule has 0 unspecified atom stereocenters. The molecular weight excluding hydrogens is 384 g/mol. The van der Waals surface area contributed by atoms with E-state index >= 15 is 0 Å². The van der Waals surface area contributed by atoms with Crippen LogP contribution < -0.4 is 20.1 Å². The van der Waals surface area contributed by atoms with Crippen LogP contribution in [0, 0.1) is 0 Å². The van der Waals surface area contributed by atoms with Crippen molar-refractivity contribution in [3.63, 3.8) is 0 Å². The van der Waals surface area contributed by atoms with Gasteiger partial charge in [0.15, 0.2) is 12.2 Å². The highest BCUT2D eigenvalue weighted by molar-refractivity contribution is 5.49. The molecule has 0 spiro atoms. The summed E-state index contributed by atoms with van der Waals surface area (Å²) in [6.45, 7) is 4.85. The van der Waals surface area contributed by atoms with Crippen LogP contribution in [-0.4, -0.2) is 63.9 Å². The van der Waals surface area contributed by atoms with E-state index in [2.05, 4.69) is 17.0 Å². The van der Waals surface area contributed by atoms with Gasteiger partial charge in [0.05, 0.1) is 26.4 Å². The van der Waals surface area contributed by atoms with Crippen LogP contribution in [0.3, 0.4) is 0 Å². The number of hydrogen-bond acceptors (Lipinski definition) is 7. The molecule has 3 heterocycles. The molecule has 2 aromatic carbocycles. The van der Waals surface area contributed by atoms with Gasteiger partial charge >= 0.3 is 0 Å². The number of nitrogens with two attached hydrogens (primary N) is 1. The zero-order valence-electron chi connectivity index (χ0n) is 16.9. The molecule has 4 atom stereocenters. The van der Waals surface area contributed by atoms with Crippen LogP contribution in [0.25, 0.3) is 0 Å². The van der Waals surface area contributed by atoms with Crippen molar-refractivity contribution in [3.05, 3.63) is 54.1 Å². The van der Waals surface area contributed by atoms with Crippen LogP contribution in [0.1, 0.15) is 5.56 Å². The number of ether oxygens (including phenoxy) is 5. The first-order valence-corrected chi connectivity index (χ1v) is 10.6. The summed E-state index contributed by atoms with van der Waals surface area (Å²) >= 11 is 0. The molecule has 160 valence electrons. The van der Waals surface area contributed by atoms with Gasteiger partial charge in [0.25, 0.3) is 0 Å². The lowest BCUT2D eigenvalue weighted by Gasteiger charge is -2.29. The van der Waals surface area contributed by atoms with E-state index in [0.29, 0.717) is 19.8 Å². The van der Waals surface area contributed by atoms with E-state index in [4.69, 9.17) is 29.4 Å². The van der Waals surface area contributed by atoms with E-state index in [9.17, 15) is 0 Å². The highest BCUT2D eigenvalue weighted by Crippen LogP contribution is 2.33. The summed E-state index contributed by atoms with van der Waals surface area (Å²) < 4.78 is 29.8. The zero-order valence-corrected chi connectivity index (χ0v) is 16.9. The molecule has 0 aromatic heterocycles.